The molecule has 0 aliphatic heterocycles. The molecular weight excluding hydrogens is 365 g/mol. The summed E-state index contributed by atoms with van der Waals surface area (Å²) < 4.78 is 5.23. The zero-order valence-corrected chi connectivity index (χ0v) is 14.5. The van der Waals surface area contributed by atoms with Crippen molar-refractivity contribution in [1.82, 2.24) is 0 Å². The topological polar surface area (TPSA) is 68.9 Å². The van der Waals surface area contributed by atoms with Crippen LogP contribution in [-0.2, 0) is 4.84 Å². The Hall–Kier alpha value is -2.63. The summed E-state index contributed by atoms with van der Waals surface area (Å²) in [5.41, 5.74) is 0.425. The molecule has 0 saturated carbocycles. The fraction of sp³-hybridized carbons (Fsp3) is 0.0556. The van der Waals surface area contributed by atoms with Crippen LogP contribution in [0.2, 0.25) is 10.0 Å². The van der Waals surface area contributed by atoms with Gasteiger partial charge in [-0.2, -0.15) is 0 Å². The molecule has 0 fully saturated rings. The quantitative estimate of drug-likeness (QED) is 0.288. The fourth-order valence-electron chi connectivity index (χ4n) is 2.18. The summed E-state index contributed by atoms with van der Waals surface area (Å²) in [6.45, 7) is 1.54. The molecule has 0 amide bonds. The largest absolute Gasteiger partial charge is 0.422 e. The maximum atomic E-state index is 12.1. The highest BCUT2D eigenvalue weighted by molar-refractivity contribution is 6.36. The Morgan fingerprint density at radius 1 is 1.08 bits per heavy atom. The third kappa shape index (κ3) is 3.73. The number of nitrogens with zero attached hydrogens (tertiary/aromatic N) is 1. The lowest BCUT2D eigenvalue weighted by atomic mass is 10.1. The molecule has 0 radical (unpaired) electrons. The highest BCUT2D eigenvalue weighted by Gasteiger charge is 2.14. The number of benzene rings is 2. The molecule has 7 heteroatoms. The summed E-state index contributed by atoms with van der Waals surface area (Å²) in [7, 11) is 0. The van der Waals surface area contributed by atoms with E-state index in [0.717, 1.165) is 5.39 Å². The van der Waals surface area contributed by atoms with E-state index in [1.54, 1.807) is 24.3 Å². The summed E-state index contributed by atoms with van der Waals surface area (Å²) in [4.78, 5) is 29.0. The molecule has 0 N–H and O–H groups in total. The highest BCUT2D eigenvalue weighted by atomic mass is 35.5. The van der Waals surface area contributed by atoms with E-state index in [2.05, 4.69) is 5.16 Å². The standard InChI is InChI=1S/C18H11Cl2NO4/c1-10(14-8-11-4-2-3-5-16(11)24-17(14)22)21-25-18(23)13-7-6-12(19)9-15(13)20/h2-9H,1H3/b21-10-. The van der Waals surface area contributed by atoms with Crippen molar-refractivity contribution in [2.24, 2.45) is 5.16 Å². The van der Waals surface area contributed by atoms with Crippen LogP contribution in [0.3, 0.4) is 0 Å². The van der Waals surface area contributed by atoms with E-state index in [0.29, 0.717) is 10.6 Å². The summed E-state index contributed by atoms with van der Waals surface area (Å²) >= 11 is 11.7. The first-order valence-corrected chi connectivity index (χ1v) is 7.95. The number of para-hydroxylation sites is 1. The van der Waals surface area contributed by atoms with E-state index in [-0.39, 0.29) is 21.9 Å². The second-order valence-electron chi connectivity index (χ2n) is 5.16. The number of rotatable bonds is 3. The van der Waals surface area contributed by atoms with Gasteiger partial charge < -0.3 is 9.25 Å². The van der Waals surface area contributed by atoms with E-state index >= 15 is 0 Å². The Kier molecular flexibility index (Phi) is 4.88. The van der Waals surface area contributed by atoms with Crippen LogP contribution in [-0.4, -0.2) is 11.7 Å². The van der Waals surface area contributed by atoms with Gasteiger partial charge in [-0.3, -0.25) is 0 Å². The molecule has 0 unspecified atom stereocenters. The molecule has 0 aliphatic rings. The second kappa shape index (κ2) is 7.09. The summed E-state index contributed by atoms with van der Waals surface area (Å²) in [6.07, 6.45) is 0. The number of carbonyl (C=O) groups excluding carboxylic acids is 1. The van der Waals surface area contributed by atoms with E-state index in [9.17, 15) is 9.59 Å². The van der Waals surface area contributed by atoms with E-state index in [1.807, 2.05) is 6.07 Å². The summed E-state index contributed by atoms with van der Waals surface area (Å²) in [5.74, 6) is -0.758. The minimum Gasteiger partial charge on any atom is -0.422 e. The lowest BCUT2D eigenvalue weighted by Gasteiger charge is -2.03. The SMILES string of the molecule is C/C(=N/OC(=O)c1ccc(Cl)cc1Cl)c1cc2ccccc2oc1=O. The van der Waals surface area contributed by atoms with E-state index in [4.69, 9.17) is 32.5 Å². The third-order valence-corrected chi connectivity index (χ3v) is 4.00. The average Bonchev–Trinajstić information content (AvgIpc) is 2.58. The molecule has 25 heavy (non-hydrogen) atoms. The second-order valence-corrected chi connectivity index (χ2v) is 6.01. The summed E-state index contributed by atoms with van der Waals surface area (Å²) in [5, 5.41) is 5.00. The molecule has 0 atom stereocenters. The van der Waals surface area contributed by atoms with Gasteiger partial charge in [-0.25, -0.2) is 9.59 Å². The van der Waals surface area contributed by atoms with E-state index in [1.165, 1.54) is 25.1 Å². The van der Waals surface area contributed by atoms with Crippen LogP contribution in [0.5, 0.6) is 0 Å². The Morgan fingerprint density at radius 2 is 1.84 bits per heavy atom. The molecule has 126 valence electrons. The molecule has 0 bridgehead atoms. The van der Waals surface area contributed by atoms with Gasteiger partial charge in [-0.15, -0.1) is 0 Å². The van der Waals surface area contributed by atoms with Crippen molar-refractivity contribution < 1.29 is 14.0 Å². The molecular formula is C18H11Cl2NO4. The van der Waals surface area contributed by atoms with Gasteiger partial charge in [0.05, 0.1) is 21.9 Å². The van der Waals surface area contributed by atoms with Crippen LogP contribution in [0.1, 0.15) is 22.8 Å². The van der Waals surface area contributed by atoms with Gasteiger partial charge >= 0.3 is 11.6 Å². The molecule has 0 saturated heterocycles. The minimum atomic E-state index is -0.758. The zero-order valence-electron chi connectivity index (χ0n) is 13.0. The first-order chi connectivity index (χ1) is 12.0. The van der Waals surface area contributed by atoms with Gasteiger partial charge in [0.1, 0.15) is 5.58 Å². The first-order valence-electron chi connectivity index (χ1n) is 7.20. The summed E-state index contributed by atoms with van der Waals surface area (Å²) in [6, 6.07) is 13.1. The average molecular weight is 376 g/mol. The molecule has 3 rings (SSSR count). The third-order valence-electron chi connectivity index (χ3n) is 3.45. The molecule has 0 aliphatic carbocycles. The number of fused-ring (bicyclic) bond motifs is 1. The predicted molar refractivity (Wildman–Crippen MR) is 96.6 cm³/mol. The Bertz CT molecular complexity index is 1060. The number of carbonyl (C=O) groups is 1. The van der Waals surface area contributed by atoms with Crippen molar-refractivity contribution in [3.8, 4) is 0 Å². The monoisotopic (exact) mass is 375 g/mol. The lowest BCUT2D eigenvalue weighted by molar-refractivity contribution is 0.0516. The van der Waals surface area contributed by atoms with E-state index < -0.39 is 11.6 Å². The Morgan fingerprint density at radius 3 is 2.60 bits per heavy atom. The van der Waals surface area contributed by atoms with Gasteiger partial charge in [0.2, 0.25) is 0 Å². The Balaban J connectivity index is 1.88. The molecule has 3 aromatic rings. The number of hydrogen-bond acceptors (Lipinski definition) is 5. The van der Waals surface area contributed by atoms with Crippen LogP contribution < -0.4 is 5.63 Å². The van der Waals surface area contributed by atoms with Crippen LogP contribution in [0.15, 0.2) is 62.9 Å². The van der Waals surface area contributed by atoms with Crippen LogP contribution in [0, 0.1) is 0 Å². The minimum absolute atomic E-state index is 0.119. The van der Waals surface area contributed by atoms with Crippen molar-refractivity contribution in [3.63, 3.8) is 0 Å². The molecule has 2 aromatic carbocycles. The fourth-order valence-corrected chi connectivity index (χ4v) is 2.66. The molecule has 1 heterocycles. The Labute approximate surface area is 152 Å². The van der Waals surface area contributed by atoms with Gasteiger partial charge in [0, 0.05) is 10.4 Å². The molecule has 5 nitrogen and oxygen atoms in total. The maximum Gasteiger partial charge on any atom is 0.367 e. The normalized spacial score (nSPS) is 11.6. The van der Waals surface area contributed by atoms with Gasteiger partial charge in [-0.1, -0.05) is 46.6 Å². The number of oxime groups is 1. The van der Waals surface area contributed by atoms with Crippen LogP contribution in [0.4, 0.5) is 0 Å². The zero-order chi connectivity index (χ0) is 18.0. The smallest absolute Gasteiger partial charge is 0.367 e. The molecule has 0 spiro atoms. The van der Waals surface area contributed by atoms with Crippen molar-refractivity contribution in [3.05, 3.63) is 80.1 Å². The van der Waals surface area contributed by atoms with Crippen LogP contribution >= 0.6 is 23.2 Å². The first kappa shape index (κ1) is 17.2. The van der Waals surface area contributed by atoms with Gasteiger partial charge in [0.25, 0.3) is 0 Å². The van der Waals surface area contributed by atoms with Crippen molar-refractivity contribution >= 4 is 45.9 Å². The van der Waals surface area contributed by atoms with Crippen molar-refractivity contribution in [1.29, 1.82) is 0 Å². The number of halogens is 2. The predicted octanol–water partition coefficient (Wildman–Crippen LogP) is 4.68. The lowest BCUT2D eigenvalue weighted by Crippen LogP contribution is -2.13. The van der Waals surface area contributed by atoms with Crippen molar-refractivity contribution in [2.45, 2.75) is 6.92 Å². The number of hydrogen-bond donors (Lipinski definition) is 0. The molecule has 1 aromatic heterocycles. The van der Waals surface area contributed by atoms with Crippen molar-refractivity contribution in [2.75, 3.05) is 0 Å². The van der Waals surface area contributed by atoms with Gasteiger partial charge in [-0.05, 0) is 37.3 Å². The highest BCUT2D eigenvalue weighted by Crippen LogP contribution is 2.21. The maximum absolute atomic E-state index is 12.1. The van der Waals surface area contributed by atoms with Gasteiger partial charge in [0.15, 0.2) is 0 Å². The van der Waals surface area contributed by atoms with Crippen LogP contribution in [0.25, 0.3) is 11.0 Å².